The number of nitrogens with one attached hydrogen (secondary N) is 1. The maximum atomic E-state index is 12.3. The van der Waals surface area contributed by atoms with E-state index in [1.807, 2.05) is 23.6 Å². The maximum absolute atomic E-state index is 12.3. The lowest BCUT2D eigenvalue weighted by Gasteiger charge is -2.35. The molecule has 2 amide bonds. The molecule has 1 aromatic rings. The van der Waals surface area contributed by atoms with Crippen LogP contribution in [0.25, 0.3) is 0 Å². The van der Waals surface area contributed by atoms with Crippen LogP contribution in [0.4, 0.5) is 5.82 Å². The topological polar surface area (TPSA) is 87.9 Å². The third-order valence-corrected chi connectivity index (χ3v) is 4.12. The lowest BCUT2D eigenvalue weighted by Crippen LogP contribution is -2.51. The highest BCUT2D eigenvalue weighted by molar-refractivity contribution is 5.91. The third kappa shape index (κ3) is 5.31. The fourth-order valence-corrected chi connectivity index (χ4v) is 2.51. The molecular formula is C16H26N4O4. The Balaban J connectivity index is 1.74. The highest BCUT2D eigenvalue weighted by Crippen LogP contribution is 2.16. The minimum atomic E-state index is -0.455. The van der Waals surface area contributed by atoms with Crippen molar-refractivity contribution < 1.29 is 18.8 Å². The Morgan fingerprint density at radius 1 is 1.33 bits per heavy atom. The number of anilines is 1. The van der Waals surface area contributed by atoms with E-state index in [1.165, 1.54) is 0 Å². The second kappa shape index (κ2) is 7.76. The van der Waals surface area contributed by atoms with Gasteiger partial charge >= 0.3 is 0 Å². The summed E-state index contributed by atoms with van der Waals surface area (Å²) in [6, 6.07) is 1.67. The summed E-state index contributed by atoms with van der Waals surface area (Å²) in [5.74, 6) is 1.03. The molecule has 1 N–H and O–H groups in total. The quantitative estimate of drug-likeness (QED) is 0.828. The zero-order chi connectivity index (χ0) is 17.7. The molecule has 2 heterocycles. The number of aryl methyl sites for hydroxylation is 1. The van der Waals surface area contributed by atoms with E-state index >= 15 is 0 Å². The molecule has 24 heavy (non-hydrogen) atoms. The Hall–Kier alpha value is -1.93. The van der Waals surface area contributed by atoms with Crippen molar-refractivity contribution in [3.8, 4) is 0 Å². The van der Waals surface area contributed by atoms with Gasteiger partial charge in [0, 0.05) is 39.4 Å². The summed E-state index contributed by atoms with van der Waals surface area (Å²) in [5, 5.41) is 6.44. The van der Waals surface area contributed by atoms with Gasteiger partial charge in [-0.1, -0.05) is 5.16 Å². The number of nitrogens with zero attached hydrogens (tertiary/aromatic N) is 3. The SMILES string of the molecule is COC(C)(C)CC(=O)N1CCN(CC(=O)Nc2cc(C)on2)CC1. The first-order valence-electron chi connectivity index (χ1n) is 8.07. The molecule has 0 spiro atoms. The van der Waals surface area contributed by atoms with Crippen molar-refractivity contribution in [3.63, 3.8) is 0 Å². The molecule has 0 aromatic carbocycles. The minimum Gasteiger partial charge on any atom is -0.378 e. The highest BCUT2D eigenvalue weighted by atomic mass is 16.5. The molecule has 1 aliphatic rings. The summed E-state index contributed by atoms with van der Waals surface area (Å²) < 4.78 is 10.2. The molecule has 8 nitrogen and oxygen atoms in total. The van der Waals surface area contributed by atoms with Gasteiger partial charge in [0.25, 0.3) is 0 Å². The van der Waals surface area contributed by atoms with Crippen LogP contribution in [0.1, 0.15) is 26.0 Å². The molecule has 0 aliphatic carbocycles. The van der Waals surface area contributed by atoms with Gasteiger partial charge in [-0.2, -0.15) is 0 Å². The Kier molecular flexibility index (Phi) is 5.95. The molecule has 1 fully saturated rings. The number of hydrogen-bond donors (Lipinski definition) is 1. The number of rotatable bonds is 6. The van der Waals surface area contributed by atoms with Gasteiger partial charge in [-0.05, 0) is 20.8 Å². The van der Waals surface area contributed by atoms with Crippen molar-refractivity contribution in [2.75, 3.05) is 45.2 Å². The van der Waals surface area contributed by atoms with Crippen LogP contribution >= 0.6 is 0 Å². The van der Waals surface area contributed by atoms with Crippen molar-refractivity contribution in [2.24, 2.45) is 0 Å². The largest absolute Gasteiger partial charge is 0.378 e. The van der Waals surface area contributed by atoms with Gasteiger partial charge in [-0.15, -0.1) is 0 Å². The molecule has 0 radical (unpaired) electrons. The van der Waals surface area contributed by atoms with Crippen LogP contribution in [0.15, 0.2) is 10.6 Å². The van der Waals surface area contributed by atoms with Crippen molar-refractivity contribution in [1.82, 2.24) is 15.0 Å². The van der Waals surface area contributed by atoms with Gasteiger partial charge in [0.15, 0.2) is 5.82 Å². The summed E-state index contributed by atoms with van der Waals surface area (Å²) in [6.07, 6.45) is 0.357. The fraction of sp³-hybridized carbons (Fsp3) is 0.688. The smallest absolute Gasteiger partial charge is 0.239 e. The van der Waals surface area contributed by atoms with Gasteiger partial charge in [0.2, 0.25) is 11.8 Å². The summed E-state index contributed by atoms with van der Waals surface area (Å²) in [4.78, 5) is 28.1. The van der Waals surface area contributed by atoms with Crippen molar-refractivity contribution >= 4 is 17.6 Å². The van der Waals surface area contributed by atoms with Crippen LogP contribution in [-0.2, 0) is 14.3 Å². The second-order valence-corrected chi connectivity index (χ2v) is 6.67. The van der Waals surface area contributed by atoms with Crippen molar-refractivity contribution in [2.45, 2.75) is 32.8 Å². The molecule has 1 aliphatic heterocycles. The van der Waals surface area contributed by atoms with Crippen LogP contribution < -0.4 is 5.32 Å². The summed E-state index contributed by atoms with van der Waals surface area (Å²) >= 11 is 0. The Labute approximate surface area is 142 Å². The van der Waals surface area contributed by atoms with E-state index < -0.39 is 5.60 Å². The van der Waals surface area contributed by atoms with E-state index in [2.05, 4.69) is 10.5 Å². The van der Waals surface area contributed by atoms with Gasteiger partial charge in [0.1, 0.15) is 5.76 Å². The number of carbonyl (C=O) groups excluding carboxylic acids is 2. The number of aromatic nitrogens is 1. The van der Waals surface area contributed by atoms with E-state index in [9.17, 15) is 9.59 Å². The Morgan fingerprint density at radius 2 is 2.00 bits per heavy atom. The fourth-order valence-electron chi connectivity index (χ4n) is 2.51. The van der Waals surface area contributed by atoms with Crippen LogP contribution in [0.5, 0.6) is 0 Å². The highest BCUT2D eigenvalue weighted by Gasteiger charge is 2.27. The predicted molar refractivity (Wildman–Crippen MR) is 88.6 cm³/mol. The average Bonchev–Trinajstić information content (AvgIpc) is 2.92. The number of piperazine rings is 1. The molecule has 0 atom stereocenters. The zero-order valence-corrected chi connectivity index (χ0v) is 14.8. The number of ether oxygens (including phenoxy) is 1. The molecule has 1 aromatic heterocycles. The maximum Gasteiger partial charge on any atom is 0.239 e. The molecule has 134 valence electrons. The standard InChI is InChI=1S/C16H26N4O4/c1-12-9-13(18-24-12)17-14(21)11-19-5-7-20(8-6-19)15(22)10-16(2,3)23-4/h9H,5-8,10-11H2,1-4H3,(H,17,18,21). The van der Waals surface area contributed by atoms with Crippen molar-refractivity contribution in [1.29, 1.82) is 0 Å². The zero-order valence-electron chi connectivity index (χ0n) is 14.8. The third-order valence-electron chi connectivity index (χ3n) is 4.12. The van der Waals surface area contributed by atoms with E-state index in [4.69, 9.17) is 9.26 Å². The number of amides is 2. The van der Waals surface area contributed by atoms with Crippen LogP contribution in [0.2, 0.25) is 0 Å². The summed E-state index contributed by atoms with van der Waals surface area (Å²) in [6.45, 7) is 8.42. The van der Waals surface area contributed by atoms with E-state index in [0.717, 1.165) is 0 Å². The summed E-state index contributed by atoms with van der Waals surface area (Å²) in [5.41, 5.74) is -0.455. The number of carbonyl (C=O) groups is 2. The first kappa shape index (κ1) is 18.4. The second-order valence-electron chi connectivity index (χ2n) is 6.67. The minimum absolute atomic E-state index is 0.0871. The first-order chi connectivity index (χ1) is 11.3. The van der Waals surface area contributed by atoms with E-state index in [1.54, 1.807) is 20.1 Å². The molecule has 0 saturated carbocycles. The monoisotopic (exact) mass is 338 g/mol. The van der Waals surface area contributed by atoms with Gasteiger partial charge in [-0.25, -0.2) is 0 Å². The lowest BCUT2D eigenvalue weighted by atomic mass is 10.0. The molecule has 0 bridgehead atoms. The lowest BCUT2D eigenvalue weighted by molar-refractivity contribution is -0.138. The number of hydrogen-bond acceptors (Lipinski definition) is 6. The van der Waals surface area contributed by atoms with Crippen LogP contribution in [0, 0.1) is 6.92 Å². The molecule has 2 rings (SSSR count). The molecule has 0 unspecified atom stereocenters. The van der Waals surface area contributed by atoms with Crippen LogP contribution in [0.3, 0.4) is 0 Å². The van der Waals surface area contributed by atoms with Crippen molar-refractivity contribution in [3.05, 3.63) is 11.8 Å². The Morgan fingerprint density at radius 3 is 2.54 bits per heavy atom. The molecule has 1 saturated heterocycles. The van der Waals surface area contributed by atoms with Crippen LogP contribution in [-0.4, -0.2) is 72.2 Å². The molecular weight excluding hydrogens is 312 g/mol. The van der Waals surface area contributed by atoms with E-state index in [0.29, 0.717) is 44.2 Å². The number of methoxy groups -OCH3 is 1. The normalized spacial score (nSPS) is 16.2. The summed E-state index contributed by atoms with van der Waals surface area (Å²) in [7, 11) is 1.61. The first-order valence-corrected chi connectivity index (χ1v) is 8.07. The Bertz CT molecular complexity index is 576. The predicted octanol–water partition coefficient (Wildman–Crippen LogP) is 0.881. The van der Waals surface area contributed by atoms with Gasteiger partial charge in [-0.3, -0.25) is 14.5 Å². The molecule has 8 heteroatoms. The van der Waals surface area contributed by atoms with Gasteiger partial charge < -0.3 is 19.5 Å². The van der Waals surface area contributed by atoms with E-state index in [-0.39, 0.29) is 18.4 Å². The van der Waals surface area contributed by atoms with Gasteiger partial charge in [0.05, 0.1) is 18.6 Å². The average molecular weight is 338 g/mol.